The summed E-state index contributed by atoms with van der Waals surface area (Å²) < 4.78 is 12.1. The molecule has 7 heteroatoms. The van der Waals surface area contributed by atoms with E-state index in [1.165, 1.54) is 22.7 Å². The summed E-state index contributed by atoms with van der Waals surface area (Å²) in [6.07, 6.45) is 0. The molecule has 0 radical (unpaired) electrons. The van der Waals surface area contributed by atoms with Crippen LogP contribution in [0.2, 0.25) is 0 Å². The number of hydrogen-bond acceptors (Lipinski definition) is 6. The van der Waals surface area contributed by atoms with E-state index in [1.807, 2.05) is 31.2 Å². The zero-order valence-electron chi connectivity index (χ0n) is 11.7. The van der Waals surface area contributed by atoms with Crippen LogP contribution in [0.1, 0.15) is 14.5 Å². The van der Waals surface area contributed by atoms with Gasteiger partial charge in [0, 0.05) is 17.0 Å². The van der Waals surface area contributed by atoms with Crippen molar-refractivity contribution >= 4 is 43.9 Å². The van der Waals surface area contributed by atoms with E-state index in [4.69, 9.17) is 9.47 Å². The van der Waals surface area contributed by atoms with Crippen molar-refractivity contribution in [3.05, 3.63) is 34.0 Å². The number of nitrogens with zero attached hydrogens (tertiary/aromatic N) is 1. The lowest BCUT2D eigenvalue weighted by Gasteiger charge is -2.17. The summed E-state index contributed by atoms with van der Waals surface area (Å²) in [6.45, 7) is 3.08. The summed E-state index contributed by atoms with van der Waals surface area (Å²) in [5.74, 6) is 1.30. The molecule has 4 rings (SSSR count). The Kier molecular flexibility index (Phi) is 3.24. The highest BCUT2D eigenvalue weighted by Crippen LogP contribution is 2.37. The molecule has 0 atom stereocenters. The fourth-order valence-corrected chi connectivity index (χ4v) is 3.87. The molecule has 0 unspecified atom stereocenters. The van der Waals surface area contributed by atoms with Crippen LogP contribution in [0.25, 0.3) is 10.2 Å². The molecule has 3 heterocycles. The van der Waals surface area contributed by atoms with Crippen molar-refractivity contribution in [3.8, 4) is 11.5 Å². The maximum Gasteiger partial charge on any atom is 0.267 e. The Morgan fingerprint density at radius 1 is 1.18 bits per heavy atom. The molecular formula is C15H12N2O3S2. The first-order valence-corrected chi connectivity index (χ1v) is 8.40. The Labute approximate surface area is 134 Å². The van der Waals surface area contributed by atoms with Crippen molar-refractivity contribution in [3.63, 3.8) is 0 Å². The number of carbonyl (C=O) groups is 1. The summed E-state index contributed by atoms with van der Waals surface area (Å²) in [5, 5.41) is 3.43. The van der Waals surface area contributed by atoms with Gasteiger partial charge < -0.3 is 9.47 Å². The smallest absolute Gasteiger partial charge is 0.267 e. The molecule has 3 aromatic rings. The largest absolute Gasteiger partial charge is 0.486 e. The minimum atomic E-state index is -0.130. The monoisotopic (exact) mass is 332 g/mol. The molecule has 1 aliphatic rings. The number of amides is 1. The normalized spacial score (nSPS) is 13.3. The zero-order chi connectivity index (χ0) is 15.1. The topological polar surface area (TPSA) is 60.5 Å². The summed E-state index contributed by atoms with van der Waals surface area (Å²) in [4.78, 5) is 18.4. The maximum absolute atomic E-state index is 12.2. The highest BCUT2D eigenvalue weighted by Gasteiger charge is 2.16. The first kappa shape index (κ1) is 13.5. The predicted octanol–water partition coefficient (Wildman–Crippen LogP) is 3.69. The Hall–Kier alpha value is -2.12. The number of benzene rings is 1. The number of anilines is 1. The molecule has 1 N–H and O–H groups in total. The average Bonchev–Trinajstić information content (AvgIpc) is 3.10. The molecule has 5 nitrogen and oxygen atoms in total. The van der Waals surface area contributed by atoms with Crippen molar-refractivity contribution < 1.29 is 14.3 Å². The van der Waals surface area contributed by atoms with Gasteiger partial charge in [-0.05, 0) is 19.1 Å². The van der Waals surface area contributed by atoms with Crippen LogP contribution in [-0.4, -0.2) is 24.1 Å². The van der Waals surface area contributed by atoms with Gasteiger partial charge in [-0.25, -0.2) is 4.98 Å². The van der Waals surface area contributed by atoms with Gasteiger partial charge in [-0.1, -0.05) is 11.3 Å². The van der Waals surface area contributed by atoms with Crippen LogP contribution >= 0.6 is 22.7 Å². The molecule has 0 saturated carbocycles. The van der Waals surface area contributed by atoms with Gasteiger partial charge in [-0.2, -0.15) is 0 Å². The van der Waals surface area contributed by atoms with E-state index in [0.717, 1.165) is 20.8 Å². The number of aryl methyl sites for hydroxylation is 1. The number of thiazole rings is 1. The van der Waals surface area contributed by atoms with E-state index in [-0.39, 0.29) is 5.91 Å². The molecule has 1 aromatic carbocycles. The van der Waals surface area contributed by atoms with Crippen LogP contribution < -0.4 is 14.8 Å². The van der Waals surface area contributed by atoms with Gasteiger partial charge in [0.25, 0.3) is 5.91 Å². The number of carbonyl (C=O) groups excluding carboxylic acids is 1. The van der Waals surface area contributed by atoms with Crippen LogP contribution in [0.3, 0.4) is 0 Å². The molecule has 1 amide bonds. The summed E-state index contributed by atoms with van der Waals surface area (Å²) in [6, 6.07) is 7.52. The number of fused-ring (bicyclic) bond motifs is 2. The predicted molar refractivity (Wildman–Crippen MR) is 87.6 cm³/mol. The van der Waals surface area contributed by atoms with E-state index in [2.05, 4.69) is 10.3 Å². The second-order valence-electron chi connectivity index (χ2n) is 4.85. The SMILES string of the molecule is Cc1ccc(C(=O)Nc2nc3cc4c(cc3s2)OCCO4)s1. The highest BCUT2D eigenvalue weighted by molar-refractivity contribution is 7.22. The fourth-order valence-electron chi connectivity index (χ4n) is 2.23. The molecule has 1 aliphatic heterocycles. The third-order valence-corrected chi connectivity index (χ3v) is 5.17. The van der Waals surface area contributed by atoms with E-state index >= 15 is 0 Å². The van der Waals surface area contributed by atoms with Gasteiger partial charge in [0.2, 0.25) is 0 Å². The summed E-state index contributed by atoms with van der Waals surface area (Å²) >= 11 is 2.89. The molecule has 0 saturated heterocycles. The van der Waals surface area contributed by atoms with E-state index in [1.54, 1.807) is 0 Å². The average molecular weight is 332 g/mol. The Balaban J connectivity index is 1.63. The van der Waals surface area contributed by atoms with E-state index < -0.39 is 0 Å². The molecule has 112 valence electrons. The molecule has 0 fully saturated rings. The first-order valence-electron chi connectivity index (χ1n) is 6.77. The number of hydrogen-bond donors (Lipinski definition) is 1. The van der Waals surface area contributed by atoms with Gasteiger partial charge in [0.1, 0.15) is 13.2 Å². The summed E-state index contributed by atoms with van der Waals surface area (Å²) in [5.41, 5.74) is 0.798. The van der Waals surface area contributed by atoms with Gasteiger partial charge in [0.05, 0.1) is 15.1 Å². The van der Waals surface area contributed by atoms with Gasteiger partial charge >= 0.3 is 0 Å². The Bertz CT molecular complexity index is 826. The van der Waals surface area contributed by atoms with Crippen molar-refractivity contribution in [2.45, 2.75) is 6.92 Å². The number of ether oxygens (including phenoxy) is 2. The Morgan fingerprint density at radius 2 is 1.95 bits per heavy atom. The summed E-state index contributed by atoms with van der Waals surface area (Å²) in [7, 11) is 0. The minimum absolute atomic E-state index is 0.130. The lowest BCUT2D eigenvalue weighted by Crippen LogP contribution is -2.15. The molecule has 0 spiro atoms. The third kappa shape index (κ3) is 2.42. The van der Waals surface area contributed by atoms with Crippen LogP contribution in [-0.2, 0) is 0 Å². The van der Waals surface area contributed by atoms with Crippen LogP contribution in [0, 0.1) is 6.92 Å². The quantitative estimate of drug-likeness (QED) is 0.777. The van der Waals surface area contributed by atoms with E-state index in [9.17, 15) is 4.79 Å². The minimum Gasteiger partial charge on any atom is -0.486 e. The number of rotatable bonds is 2. The molecule has 22 heavy (non-hydrogen) atoms. The van der Waals surface area contributed by atoms with Gasteiger partial charge in [-0.15, -0.1) is 11.3 Å². The van der Waals surface area contributed by atoms with Crippen LogP contribution in [0.15, 0.2) is 24.3 Å². The maximum atomic E-state index is 12.2. The number of thiophene rings is 1. The van der Waals surface area contributed by atoms with Crippen molar-refractivity contribution in [2.24, 2.45) is 0 Å². The Morgan fingerprint density at radius 3 is 2.68 bits per heavy atom. The van der Waals surface area contributed by atoms with Crippen molar-refractivity contribution in [1.82, 2.24) is 4.98 Å². The first-order chi connectivity index (χ1) is 10.7. The second-order valence-corrected chi connectivity index (χ2v) is 7.17. The van der Waals surface area contributed by atoms with Crippen LogP contribution in [0.4, 0.5) is 5.13 Å². The molecule has 2 aromatic heterocycles. The lowest BCUT2D eigenvalue weighted by atomic mass is 10.3. The highest BCUT2D eigenvalue weighted by atomic mass is 32.1. The van der Waals surface area contributed by atoms with Gasteiger partial charge in [0.15, 0.2) is 16.6 Å². The molecule has 0 aliphatic carbocycles. The fraction of sp³-hybridized carbons (Fsp3) is 0.200. The lowest BCUT2D eigenvalue weighted by molar-refractivity contribution is 0.103. The molecule has 0 bridgehead atoms. The number of nitrogens with one attached hydrogen (secondary N) is 1. The second kappa shape index (κ2) is 5.26. The third-order valence-electron chi connectivity index (χ3n) is 3.24. The zero-order valence-corrected chi connectivity index (χ0v) is 13.3. The van der Waals surface area contributed by atoms with Crippen molar-refractivity contribution in [2.75, 3.05) is 18.5 Å². The van der Waals surface area contributed by atoms with Gasteiger partial charge in [-0.3, -0.25) is 10.1 Å². The van der Waals surface area contributed by atoms with Crippen LogP contribution in [0.5, 0.6) is 11.5 Å². The standard InChI is InChI=1S/C15H12N2O3S2/c1-8-2-3-12(21-8)14(18)17-15-16-9-6-10-11(7-13(9)22-15)20-5-4-19-10/h2-3,6-7H,4-5H2,1H3,(H,16,17,18). The van der Waals surface area contributed by atoms with Crippen molar-refractivity contribution in [1.29, 1.82) is 0 Å². The molecular weight excluding hydrogens is 320 g/mol. The number of aromatic nitrogens is 1. The van der Waals surface area contributed by atoms with E-state index in [0.29, 0.717) is 29.0 Å².